The SMILES string of the molecule is NC(N)=NCCCCCCC(=O)NC(O)C(=O)NCCCCNCCCNC(=O)c1ccc(C(=O)O)c(-c2c3ccc(=O)cc-3oc3cc(O)ccc23)c1. The Hall–Kier alpha value is -6.00. The molecular formula is C38H47N7O9. The Bertz CT molecular complexity index is 1990. The molecular weight excluding hydrogens is 698 g/mol. The molecule has 0 spiro atoms. The molecule has 16 heteroatoms. The van der Waals surface area contributed by atoms with Crippen LogP contribution in [0.2, 0.25) is 0 Å². The summed E-state index contributed by atoms with van der Waals surface area (Å²) in [5, 5.41) is 41.6. The third kappa shape index (κ3) is 12.0. The predicted molar refractivity (Wildman–Crippen MR) is 203 cm³/mol. The van der Waals surface area contributed by atoms with Crippen LogP contribution in [0.25, 0.3) is 33.4 Å². The Morgan fingerprint density at radius 3 is 2.31 bits per heavy atom. The van der Waals surface area contributed by atoms with Crippen molar-refractivity contribution in [1.82, 2.24) is 21.3 Å². The number of carbonyl (C=O) groups is 4. The van der Waals surface area contributed by atoms with Gasteiger partial charge in [0, 0.05) is 60.3 Å². The number of phenolic OH excluding ortho intramolecular Hbond substituents is 1. The van der Waals surface area contributed by atoms with E-state index in [9.17, 15) is 39.3 Å². The van der Waals surface area contributed by atoms with Crippen LogP contribution < -0.4 is 38.2 Å². The number of aliphatic hydroxyl groups is 1. The van der Waals surface area contributed by atoms with E-state index in [1.807, 2.05) is 0 Å². The van der Waals surface area contributed by atoms with Gasteiger partial charge in [0.2, 0.25) is 12.1 Å². The van der Waals surface area contributed by atoms with Crippen molar-refractivity contribution in [3.8, 4) is 28.2 Å². The van der Waals surface area contributed by atoms with Crippen LogP contribution in [0.3, 0.4) is 0 Å². The van der Waals surface area contributed by atoms with Crippen LogP contribution in [0, 0.1) is 0 Å². The molecule has 0 saturated carbocycles. The van der Waals surface area contributed by atoms with Crippen LogP contribution in [-0.4, -0.2) is 83.9 Å². The molecule has 1 heterocycles. The van der Waals surface area contributed by atoms with E-state index in [2.05, 4.69) is 26.3 Å². The average molecular weight is 746 g/mol. The van der Waals surface area contributed by atoms with Crippen molar-refractivity contribution in [2.75, 3.05) is 32.7 Å². The molecule has 0 aromatic heterocycles. The van der Waals surface area contributed by atoms with Crippen molar-refractivity contribution in [3.63, 3.8) is 0 Å². The van der Waals surface area contributed by atoms with E-state index in [1.165, 1.54) is 42.5 Å². The summed E-state index contributed by atoms with van der Waals surface area (Å²) >= 11 is 0. The number of carboxylic acids is 1. The van der Waals surface area contributed by atoms with Gasteiger partial charge in [0.1, 0.15) is 17.1 Å². The highest BCUT2D eigenvalue weighted by Crippen LogP contribution is 2.42. The Labute approximate surface area is 311 Å². The summed E-state index contributed by atoms with van der Waals surface area (Å²) in [5.41, 5.74) is 11.8. The number of nitrogens with one attached hydrogen (secondary N) is 4. The molecule has 288 valence electrons. The molecule has 2 aliphatic rings. The third-order valence-electron chi connectivity index (χ3n) is 8.51. The molecule has 0 radical (unpaired) electrons. The maximum absolute atomic E-state index is 13.1. The fraction of sp³-hybridized carbons (Fsp3) is 0.368. The standard InChI is InChI=1S/C38H47N7O9/c39-38(40)44-18-4-2-1-3-8-32(48)45-36(51)35(50)43-17-6-5-15-41-16-7-19-42-34(49)23-9-12-26(37(52)53)29(20-23)33-27-13-10-24(46)21-30(27)54-31-22-25(47)11-14-28(31)33/h9-14,20-22,36,41,46,51H,1-8,15-19H2,(H,42,49)(H,43,50)(H,45,48)(H,52,53)(H4,39,40,44). The minimum absolute atomic E-state index is 0.0511. The van der Waals surface area contributed by atoms with Gasteiger partial charge < -0.3 is 52.5 Å². The Balaban J connectivity index is 1.17. The number of aliphatic hydroxyl groups excluding tert-OH is 1. The van der Waals surface area contributed by atoms with Crippen LogP contribution in [0.5, 0.6) is 5.75 Å². The number of unbranched alkanes of at least 4 members (excludes halogenated alkanes) is 4. The maximum Gasteiger partial charge on any atom is 0.336 e. The molecule has 11 N–H and O–H groups in total. The second kappa shape index (κ2) is 20.3. The number of fused-ring (bicyclic) bond motifs is 2. The summed E-state index contributed by atoms with van der Waals surface area (Å²) in [6.07, 6.45) is 3.66. The summed E-state index contributed by atoms with van der Waals surface area (Å²) in [5.74, 6) is -2.50. The normalized spacial score (nSPS) is 11.6. The number of amides is 3. The lowest BCUT2D eigenvalue weighted by atomic mass is 9.89. The number of hydrogen-bond donors (Lipinski definition) is 9. The van der Waals surface area contributed by atoms with Gasteiger partial charge in [0.05, 0.1) is 5.56 Å². The van der Waals surface area contributed by atoms with Gasteiger partial charge in [0.15, 0.2) is 11.4 Å². The van der Waals surface area contributed by atoms with Crippen molar-refractivity contribution in [1.29, 1.82) is 0 Å². The molecule has 1 atom stereocenters. The number of aliphatic imine (C=N–C) groups is 1. The van der Waals surface area contributed by atoms with Crippen LogP contribution in [0.15, 0.2) is 68.8 Å². The molecule has 16 nitrogen and oxygen atoms in total. The lowest BCUT2D eigenvalue weighted by Crippen LogP contribution is -2.46. The molecule has 0 bridgehead atoms. The van der Waals surface area contributed by atoms with Gasteiger partial charge in [-0.2, -0.15) is 0 Å². The van der Waals surface area contributed by atoms with Crippen LogP contribution in [0.1, 0.15) is 72.1 Å². The second-order valence-electron chi connectivity index (χ2n) is 12.7. The Kier molecular flexibility index (Phi) is 15.3. The number of phenols is 1. The van der Waals surface area contributed by atoms with E-state index in [0.717, 1.165) is 25.7 Å². The molecule has 0 saturated heterocycles. The zero-order valence-electron chi connectivity index (χ0n) is 29.9. The molecule has 1 unspecified atom stereocenters. The minimum atomic E-state index is -1.62. The van der Waals surface area contributed by atoms with Crippen LogP contribution >= 0.6 is 0 Å². The Morgan fingerprint density at radius 1 is 0.796 bits per heavy atom. The number of benzene rings is 3. The molecule has 0 fully saturated rings. The molecule has 4 rings (SSSR count). The topological polar surface area (TPSA) is 272 Å². The Morgan fingerprint density at radius 2 is 1.54 bits per heavy atom. The number of nitrogens with two attached hydrogens (primary N) is 2. The van der Waals surface area contributed by atoms with Gasteiger partial charge in [0.25, 0.3) is 11.8 Å². The zero-order chi connectivity index (χ0) is 39.0. The lowest BCUT2D eigenvalue weighted by molar-refractivity contribution is -0.136. The molecule has 1 aliphatic carbocycles. The molecule has 1 aliphatic heterocycles. The minimum Gasteiger partial charge on any atom is -0.508 e. The monoisotopic (exact) mass is 745 g/mol. The smallest absolute Gasteiger partial charge is 0.336 e. The number of hydrogen-bond acceptors (Lipinski definition) is 10. The number of carbonyl (C=O) groups excluding carboxylic acids is 3. The van der Waals surface area contributed by atoms with Gasteiger partial charge in [-0.3, -0.25) is 24.2 Å². The molecule has 3 amide bonds. The van der Waals surface area contributed by atoms with E-state index in [1.54, 1.807) is 12.1 Å². The van der Waals surface area contributed by atoms with Gasteiger partial charge >= 0.3 is 5.97 Å². The number of nitrogens with zero attached hydrogens (tertiary/aromatic N) is 1. The highest BCUT2D eigenvalue weighted by Gasteiger charge is 2.23. The predicted octanol–water partition coefficient (Wildman–Crippen LogP) is 2.23. The second-order valence-corrected chi connectivity index (χ2v) is 12.7. The summed E-state index contributed by atoms with van der Waals surface area (Å²) in [4.78, 5) is 65.5. The number of rotatable bonds is 21. The summed E-state index contributed by atoms with van der Waals surface area (Å²) in [7, 11) is 0. The van der Waals surface area contributed by atoms with Gasteiger partial charge in [-0.15, -0.1) is 0 Å². The largest absolute Gasteiger partial charge is 0.508 e. The van der Waals surface area contributed by atoms with E-state index in [-0.39, 0.29) is 51.6 Å². The fourth-order valence-electron chi connectivity index (χ4n) is 5.80. The first-order chi connectivity index (χ1) is 25.9. The summed E-state index contributed by atoms with van der Waals surface area (Å²) in [6, 6.07) is 12.9. The quantitative estimate of drug-likeness (QED) is 0.0195. The summed E-state index contributed by atoms with van der Waals surface area (Å²) in [6.45, 7) is 2.48. The fourth-order valence-corrected chi connectivity index (χ4v) is 5.80. The van der Waals surface area contributed by atoms with Gasteiger partial charge in [-0.25, -0.2) is 4.79 Å². The lowest BCUT2D eigenvalue weighted by Gasteiger charge is -2.17. The first kappa shape index (κ1) is 40.8. The van der Waals surface area contributed by atoms with Crippen molar-refractivity contribution in [3.05, 3.63) is 75.9 Å². The number of guanidine groups is 1. The number of aromatic carboxylic acids is 1. The van der Waals surface area contributed by atoms with Crippen molar-refractivity contribution in [2.45, 2.75) is 57.6 Å². The van der Waals surface area contributed by atoms with Crippen molar-refractivity contribution >= 4 is 40.6 Å². The molecule has 2 aromatic rings. The maximum atomic E-state index is 13.1. The third-order valence-corrected chi connectivity index (χ3v) is 8.51. The highest BCUT2D eigenvalue weighted by molar-refractivity contribution is 6.09. The van der Waals surface area contributed by atoms with E-state index in [0.29, 0.717) is 68.5 Å². The van der Waals surface area contributed by atoms with Gasteiger partial charge in [-0.1, -0.05) is 12.8 Å². The molecule has 2 aromatic carbocycles. The highest BCUT2D eigenvalue weighted by atomic mass is 16.4. The first-order valence-corrected chi connectivity index (χ1v) is 17.8. The number of aromatic hydroxyl groups is 1. The van der Waals surface area contributed by atoms with Crippen LogP contribution in [0.4, 0.5) is 0 Å². The van der Waals surface area contributed by atoms with Crippen molar-refractivity contribution in [2.24, 2.45) is 16.5 Å². The van der Waals surface area contributed by atoms with E-state index < -0.39 is 29.9 Å². The summed E-state index contributed by atoms with van der Waals surface area (Å²) < 4.78 is 5.88. The van der Waals surface area contributed by atoms with Crippen LogP contribution in [-0.2, 0) is 9.59 Å². The molecule has 54 heavy (non-hydrogen) atoms. The van der Waals surface area contributed by atoms with E-state index >= 15 is 0 Å². The van der Waals surface area contributed by atoms with Gasteiger partial charge in [-0.05, 0) is 93.2 Å². The van der Waals surface area contributed by atoms with E-state index in [4.69, 9.17) is 15.9 Å². The first-order valence-electron chi connectivity index (χ1n) is 17.8. The average Bonchev–Trinajstić information content (AvgIpc) is 3.13. The van der Waals surface area contributed by atoms with Crippen molar-refractivity contribution < 1.29 is 38.9 Å². The zero-order valence-corrected chi connectivity index (χ0v) is 29.9. The number of carboxylic acid groups (broad SMARTS) is 1.